The first kappa shape index (κ1) is 40.3. The third-order valence-corrected chi connectivity index (χ3v) is 12.9. The Morgan fingerprint density at radius 2 is 0.479 bits per heavy atom. The first-order chi connectivity index (χ1) is 22.6. The Bertz CT molecular complexity index is 1380. The fraction of sp³-hybridized carbons (Fsp3) is 0.143. The minimum atomic E-state index is -0.446. The second kappa shape index (κ2) is 20.6. The predicted molar refractivity (Wildman–Crippen MR) is 221 cm³/mol. The van der Waals surface area contributed by atoms with E-state index in [0.29, 0.717) is 0 Å². The summed E-state index contributed by atoms with van der Waals surface area (Å²) < 4.78 is -0.240. The summed E-state index contributed by atoms with van der Waals surface area (Å²) in [6.07, 6.45) is 0. The van der Waals surface area contributed by atoms with Gasteiger partial charge in [0.2, 0.25) is 0 Å². The summed E-state index contributed by atoms with van der Waals surface area (Å²) in [6.45, 7) is 8.00. The van der Waals surface area contributed by atoms with Gasteiger partial charge in [0, 0.05) is 0 Å². The Balaban J connectivity index is 0.000000207. The number of benzene rings is 6. The van der Waals surface area contributed by atoms with Crippen molar-refractivity contribution in [3.63, 3.8) is 0 Å². The van der Waals surface area contributed by atoms with E-state index < -0.39 is 15.8 Å². The zero-order valence-electron chi connectivity index (χ0n) is 27.8. The van der Waals surface area contributed by atoms with E-state index in [1.165, 1.54) is 31.8 Å². The molecule has 0 saturated heterocycles. The average Bonchev–Trinajstić information content (AvgIpc) is 3.07. The van der Waals surface area contributed by atoms with Gasteiger partial charge < -0.3 is 25.3 Å². The van der Waals surface area contributed by atoms with Crippen LogP contribution in [0.3, 0.4) is 0 Å². The molecule has 248 valence electrons. The fourth-order valence-corrected chi connectivity index (χ4v) is 12.2. The molecule has 0 bridgehead atoms. The van der Waals surface area contributed by atoms with E-state index in [2.05, 4.69) is 182 Å². The van der Waals surface area contributed by atoms with Crippen LogP contribution in [0.1, 0.15) is 27.7 Å². The topological polar surface area (TPSA) is 0 Å². The quantitative estimate of drug-likeness (QED) is 0.111. The van der Waals surface area contributed by atoms with Crippen LogP contribution < -0.4 is 31.8 Å². The monoisotopic (exact) mass is 899 g/mol. The average molecular weight is 900 g/mol. The minimum Gasteiger partial charge on any atom is -0.776 e. The summed E-state index contributed by atoms with van der Waals surface area (Å²) in [5.41, 5.74) is 0. The van der Waals surface area contributed by atoms with Crippen molar-refractivity contribution in [1.82, 2.24) is 0 Å². The SMILES string of the molecule is CC(C)([S-])SC(C)(C)[S-].[Pt+2].c1ccc(P(c2ccccc2)c2ccccc2)cc1.c1ccc(P(c2ccccc2)c2ccccc2)cc1. The molecule has 0 atom stereocenters. The van der Waals surface area contributed by atoms with Gasteiger partial charge in [-0.05, 0) is 47.7 Å². The third kappa shape index (κ3) is 14.0. The molecule has 0 spiro atoms. The summed E-state index contributed by atoms with van der Waals surface area (Å²) in [5.74, 6) is 0. The zero-order chi connectivity index (χ0) is 33.5. The molecular formula is C42H42P2PtS3. The molecule has 0 radical (unpaired) electrons. The molecule has 6 heteroatoms. The van der Waals surface area contributed by atoms with Crippen molar-refractivity contribution in [2.45, 2.75) is 35.9 Å². The smallest absolute Gasteiger partial charge is 0.776 e. The van der Waals surface area contributed by atoms with E-state index in [0.717, 1.165) is 0 Å². The van der Waals surface area contributed by atoms with Crippen LogP contribution in [0.4, 0.5) is 0 Å². The van der Waals surface area contributed by atoms with Gasteiger partial charge in [-0.15, -0.1) is 8.16 Å². The first-order valence-electron chi connectivity index (χ1n) is 15.6. The van der Waals surface area contributed by atoms with E-state index in [9.17, 15) is 0 Å². The van der Waals surface area contributed by atoms with Gasteiger partial charge in [-0.3, -0.25) is 0 Å². The second-order valence-corrected chi connectivity index (χ2v) is 20.8. The number of rotatable bonds is 8. The van der Waals surface area contributed by atoms with Crippen molar-refractivity contribution >= 4 is 84.7 Å². The molecule has 0 aliphatic rings. The molecule has 0 heterocycles. The standard InChI is InChI=1S/2C18H15P.C6H14S3.Pt/c2*1-4-10-16(11-5-1)19(17-12-6-2-7-13-17)18-14-8-3-9-15-18;1-5(2,7)9-6(3,4)8;/h2*1-15H;7-8H,1-4H3;/q;;;+2/p-2. The molecule has 0 fully saturated rings. The normalized spacial score (nSPS) is 11.0. The second-order valence-electron chi connectivity index (χ2n) is 11.6. The zero-order valence-corrected chi connectivity index (χ0v) is 34.3. The Hall–Kier alpha value is -2.08. The number of thioether (sulfide) groups is 1. The first-order valence-corrected chi connectivity index (χ1v) is 19.9. The van der Waals surface area contributed by atoms with Gasteiger partial charge in [0.15, 0.2) is 0 Å². The number of hydrogen-bond donors (Lipinski definition) is 0. The van der Waals surface area contributed by atoms with E-state index in [1.807, 2.05) is 27.7 Å². The van der Waals surface area contributed by atoms with Crippen LogP contribution in [0.25, 0.3) is 0 Å². The van der Waals surface area contributed by atoms with Gasteiger partial charge >= 0.3 is 21.1 Å². The van der Waals surface area contributed by atoms with Crippen molar-refractivity contribution in [3.05, 3.63) is 182 Å². The van der Waals surface area contributed by atoms with Crippen molar-refractivity contribution in [2.75, 3.05) is 0 Å². The summed E-state index contributed by atoms with van der Waals surface area (Å²) in [5, 5.41) is 8.39. The molecule has 0 nitrogen and oxygen atoms in total. The Kier molecular flexibility index (Phi) is 17.3. The molecule has 6 aromatic carbocycles. The van der Waals surface area contributed by atoms with Gasteiger partial charge in [0.05, 0.1) is 0 Å². The Labute approximate surface area is 321 Å². The molecule has 0 saturated carbocycles. The third-order valence-electron chi connectivity index (χ3n) is 6.58. The van der Waals surface area contributed by atoms with Crippen LogP contribution in [-0.4, -0.2) is 8.16 Å². The van der Waals surface area contributed by atoms with Crippen LogP contribution in [0, 0.1) is 0 Å². The van der Waals surface area contributed by atoms with E-state index in [1.54, 1.807) is 11.8 Å². The summed E-state index contributed by atoms with van der Waals surface area (Å²) in [4.78, 5) is 0. The molecule has 48 heavy (non-hydrogen) atoms. The fourth-order valence-electron chi connectivity index (χ4n) is 4.95. The van der Waals surface area contributed by atoms with Crippen LogP contribution in [0.15, 0.2) is 182 Å². The van der Waals surface area contributed by atoms with Gasteiger partial charge in [-0.1, -0.05) is 210 Å². The van der Waals surface area contributed by atoms with Crippen molar-refractivity contribution in [2.24, 2.45) is 0 Å². The maximum Gasteiger partial charge on any atom is 2.00 e. The number of hydrogen-bond acceptors (Lipinski definition) is 3. The molecule has 0 N–H and O–H groups in total. The predicted octanol–water partition coefficient (Wildman–Crippen LogP) is 9.17. The Morgan fingerprint density at radius 1 is 0.333 bits per heavy atom. The van der Waals surface area contributed by atoms with Crippen LogP contribution >= 0.6 is 27.6 Å². The maximum absolute atomic E-state index is 5.13. The molecule has 0 amide bonds. The van der Waals surface area contributed by atoms with Crippen molar-refractivity contribution in [3.8, 4) is 0 Å². The summed E-state index contributed by atoms with van der Waals surface area (Å²) in [7, 11) is -0.892. The van der Waals surface area contributed by atoms with Gasteiger partial charge in [0.1, 0.15) is 0 Å². The molecule has 0 aliphatic carbocycles. The van der Waals surface area contributed by atoms with E-state index in [-0.39, 0.29) is 29.2 Å². The molecule has 0 aliphatic heterocycles. The molecule has 6 rings (SSSR count). The molecule has 0 aromatic heterocycles. The molecular weight excluding hydrogens is 858 g/mol. The minimum absolute atomic E-state index is 0. The van der Waals surface area contributed by atoms with Crippen molar-refractivity contribution in [1.29, 1.82) is 0 Å². The van der Waals surface area contributed by atoms with Gasteiger partial charge in [-0.2, -0.15) is 0 Å². The van der Waals surface area contributed by atoms with Crippen LogP contribution in [0.2, 0.25) is 0 Å². The molecule has 6 aromatic rings. The van der Waals surface area contributed by atoms with Crippen molar-refractivity contribution < 1.29 is 21.1 Å². The Morgan fingerprint density at radius 3 is 0.583 bits per heavy atom. The van der Waals surface area contributed by atoms with E-state index >= 15 is 0 Å². The molecule has 0 unspecified atom stereocenters. The summed E-state index contributed by atoms with van der Waals surface area (Å²) in [6, 6.07) is 64.7. The van der Waals surface area contributed by atoms with Crippen LogP contribution in [0.5, 0.6) is 0 Å². The van der Waals surface area contributed by atoms with E-state index in [4.69, 9.17) is 25.3 Å². The largest absolute Gasteiger partial charge is 2.00 e. The van der Waals surface area contributed by atoms with Gasteiger partial charge in [0.25, 0.3) is 0 Å². The van der Waals surface area contributed by atoms with Gasteiger partial charge in [-0.25, -0.2) is 11.8 Å². The van der Waals surface area contributed by atoms with Crippen LogP contribution in [-0.2, 0) is 46.3 Å². The summed E-state index contributed by atoms with van der Waals surface area (Å²) >= 11 is 11.9. The maximum atomic E-state index is 5.13.